The minimum atomic E-state index is -0.311. The molecule has 92 valence electrons. The molecule has 1 aliphatic rings. The summed E-state index contributed by atoms with van der Waals surface area (Å²) in [7, 11) is 0. The second kappa shape index (κ2) is 4.31. The van der Waals surface area contributed by atoms with Gasteiger partial charge in [0.05, 0.1) is 5.41 Å². The number of nitrogens with zero attached hydrogens (tertiary/aromatic N) is 1. The van der Waals surface area contributed by atoms with E-state index in [1.165, 1.54) is 12.8 Å². The first-order chi connectivity index (χ1) is 7.13. The maximum absolute atomic E-state index is 12.1. The third-order valence-electron chi connectivity index (χ3n) is 3.65. The monoisotopic (exact) mass is 224 g/mol. The Morgan fingerprint density at radius 2 is 1.69 bits per heavy atom. The molecule has 0 unspecified atom stereocenters. The summed E-state index contributed by atoms with van der Waals surface area (Å²) in [6, 6.07) is 0.347. The van der Waals surface area contributed by atoms with Gasteiger partial charge in [-0.1, -0.05) is 13.8 Å². The smallest absolute Gasteiger partial charge is 0.219 e. The van der Waals surface area contributed by atoms with Crippen LogP contribution >= 0.6 is 0 Å². The lowest BCUT2D eigenvalue weighted by Gasteiger charge is -2.32. The second-order valence-electron chi connectivity index (χ2n) is 6.92. The molecule has 0 bridgehead atoms. The van der Waals surface area contributed by atoms with Crippen molar-refractivity contribution in [2.24, 2.45) is 10.8 Å². The summed E-state index contributed by atoms with van der Waals surface area (Å²) in [6.07, 6.45) is 4.58. The Bertz CT molecular complexity index is 286. The zero-order valence-corrected chi connectivity index (χ0v) is 11.5. The van der Waals surface area contributed by atoms with Crippen LogP contribution in [0.2, 0.25) is 0 Å². The fourth-order valence-electron chi connectivity index (χ4n) is 2.29. The summed E-state index contributed by atoms with van der Waals surface area (Å²) >= 11 is 0. The zero-order valence-electron chi connectivity index (χ0n) is 11.5. The molecule has 0 atom stereocenters. The third kappa shape index (κ3) is 3.16. The van der Waals surface area contributed by atoms with Gasteiger partial charge in [-0.25, -0.2) is 4.79 Å². The molecule has 1 aliphatic carbocycles. The zero-order chi connectivity index (χ0) is 12.6. The molecule has 0 radical (unpaired) electrons. The molecule has 0 saturated heterocycles. The third-order valence-corrected chi connectivity index (χ3v) is 3.65. The SMILES string of the molecule is C=[N+](C(=O)C(C)(C)C)C1CCC(C)(C)CC1. The molecule has 0 aliphatic heterocycles. The standard InChI is InChI=1S/C14H26NO/c1-13(2,3)12(16)15(6)11-7-9-14(4,5)10-8-11/h11H,6-10H2,1-5H3/q+1. The van der Waals surface area contributed by atoms with Crippen LogP contribution in [-0.4, -0.2) is 23.2 Å². The first-order valence-electron chi connectivity index (χ1n) is 6.28. The molecule has 1 rings (SSSR count). The maximum atomic E-state index is 12.1. The topological polar surface area (TPSA) is 20.1 Å². The second-order valence-corrected chi connectivity index (χ2v) is 6.92. The van der Waals surface area contributed by atoms with Crippen molar-refractivity contribution >= 4 is 12.6 Å². The molecule has 16 heavy (non-hydrogen) atoms. The Morgan fingerprint density at radius 3 is 2.06 bits per heavy atom. The molecule has 1 amide bonds. The highest BCUT2D eigenvalue weighted by atomic mass is 16.2. The molecular weight excluding hydrogens is 198 g/mol. The molecule has 0 heterocycles. The van der Waals surface area contributed by atoms with E-state index in [0.29, 0.717) is 11.5 Å². The molecule has 0 aromatic heterocycles. The van der Waals surface area contributed by atoms with Gasteiger partial charge in [0.25, 0.3) is 0 Å². The van der Waals surface area contributed by atoms with E-state index in [9.17, 15) is 4.79 Å². The van der Waals surface area contributed by atoms with E-state index in [0.717, 1.165) is 12.8 Å². The Morgan fingerprint density at radius 1 is 1.25 bits per heavy atom. The van der Waals surface area contributed by atoms with E-state index in [2.05, 4.69) is 20.6 Å². The Kier molecular flexibility index (Phi) is 3.61. The lowest BCUT2D eigenvalue weighted by molar-refractivity contribution is -0.493. The largest absolute Gasteiger partial charge is 0.391 e. The van der Waals surface area contributed by atoms with Gasteiger partial charge in [0.1, 0.15) is 6.72 Å². The van der Waals surface area contributed by atoms with Crippen molar-refractivity contribution in [2.75, 3.05) is 0 Å². The van der Waals surface area contributed by atoms with E-state index in [1.807, 2.05) is 20.8 Å². The fraction of sp³-hybridized carbons (Fsp3) is 0.857. The average Bonchev–Trinajstić information content (AvgIpc) is 2.14. The number of rotatable bonds is 1. The van der Waals surface area contributed by atoms with Crippen LogP contribution in [0, 0.1) is 10.8 Å². The van der Waals surface area contributed by atoms with Crippen LogP contribution in [0.15, 0.2) is 0 Å². The molecule has 2 nitrogen and oxygen atoms in total. The predicted molar refractivity (Wildman–Crippen MR) is 67.9 cm³/mol. The first kappa shape index (κ1) is 13.4. The highest BCUT2D eigenvalue weighted by molar-refractivity contribution is 5.75. The first-order valence-corrected chi connectivity index (χ1v) is 6.28. The number of carbonyl (C=O) groups excluding carboxylic acids is 1. The summed E-state index contributed by atoms with van der Waals surface area (Å²) in [6.45, 7) is 14.5. The van der Waals surface area contributed by atoms with Gasteiger partial charge in [0.15, 0.2) is 6.04 Å². The van der Waals surface area contributed by atoms with Crippen molar-refractivity contribution in [1.82, 2.24) is 0 Å². The predicted octanol–water partition coefficient (Wildman–Crippen LogP) is 3.24. The van der Waals surface area contributed by atoms with E-state index in [-0.39, 0.29) is 11.3 Å². The van der Waals surface area contributed by atoms with Gasteiger partial charge in [-0.3, -0.25) is 0 Å². The van der Waals surface area contributed by atoms with E-state index in [1.54, 1.807) is 4.58 Å². The molecule has 2 heteroatoms. The molecule has 0 spiro atoms. The molecular formula is C14H26NO+. The van der Waals surface area contributed by atoms with E-state index >= 15 is 0 Å². The molecule has 1 saturated carbocycles. The average molecular weight is 224 g/mol. The number of hydrogen-bond acceptors (Lipinski definition) is 1. The molecule has 0 aromatic carbocycles. The Labute approximate surface area is 99.7 Å². The molecule has 0 N–H and O–H groups in total. The van der Waals surface area contributed by atoms with E-state index in [4.69, 9.17) is 0 Å². The van der Waals surface area contributed by atoms with Gasteiger partial charge in [0.2, 0.25) is 0 Å². The lowest BCUT2D eigenvalue weighted by atomic mass is 9.75. The quantitative estimate of drug-likeness (QED) is 0.494. The summed E-state index contributed by atoms with van der Waals surface area (Å²) < 4.78 is 1.73. The summed E-state index contributed by atoms with van der Waals surface area (Å²) in [5.41, 5.74) is 0.136. The number of carbonyl (C=O) groups is 1. The van der Waals surface area contributed by atoms with Gasteiger partial charge in [-0.05, 0) is 39.0 Å². The van der Waals surface area contributed by atoms with Crippen molar-refractivity contribution in [2.45, 2.75) is 66.3 Å². The van der Waals surface area contributed by atoms with Crippen LogP contribution < -0.4 is 0 Å². The summed E-state index contributed by atoms with van der Waals surface area (Å²) in [5.74, 6) is 0.164. The van der Waals surface area contributed by atoms with E-state index < -0.39 is 0 Å². The van der Waals surface area contributed by atoms with Crippen molar-refractivity contribution in [3.8, 4) is 0 Å². The van der Waals surface area contributed by atoms with Crippen LogP contribution in [0.4, 0.5) is 0 Å². The van der Waals surface area contributed by atoms with Crippen molar-refractivity contribution < 1.29 is 9.37 Å². The van der Waals surface area contributed by atoms with Crippen LogP contribution in [-0.2, 0) is 4.79 Å². The van der Waals surface area contributed by atoms with Gasteiger partial charge in [-0.15, -0.1) is 0 Å². The van der Waals surface area contributed by atoms with Crippen LogP contribution in [0.25, 0.3) is 0 Å². The fourth-order valence-corrected chi connectivity index (χ4v) is 2.29. The maximum Gasteiger partial charge on any atom is 0.391 e. The Hall–Kier alpha value is -0.660. The van der Waals surface area contributed by atoms with Gasteiger partial charge < -0.3 is 0 Å². The number of amides is 1. The highest BCUT2D eigenvalue weighted by Gasteiger charge is 2.39. The van der Waals surface area contributed by atoms with Crippen molar-refractivity contribution in [1.29, 1.82) is 0 Å². The van der Waals surface area contributed by atoms with Crippen LogP contribution in [0.5, 0.6) is 0 Å². The minimum Gasteiger partial charge on any atom is -0.219 e. The molecule has 1 fully saturated rings. The van der Waals surface area contributed by atoms with Gasteiger partial charge in [0, 0.05) is 12.8 Å². The minimum absolute atomic E-state index is 0.164. The summed E-state index contributed by atoms with van der Waals surface area (Å²) in [4.78, 5) is 12.1. The molecule has 0 aromatic rings. The van der Waals surface area contributed by atoms with Gasteiger partial charge >= 0.3 is 5.91 Å². The highest BCUT2D eigenvalue weighted by Crippen LogP contribution is 2.36. The van der Waals surface area contributed by atoms with Crippen LogP contribution in [0.1, 0.15) is 60.3 Å². The Balaban J connectivity index is 2.61. The number of hydrogen-bond donors (Lipinski definition) is 0. The van der Waals surface area contributed by atoms with Crippen molar-refractivity contribution in [3.05, 3.63) is 0 Å². The van der Waals surface area contributed by atoms with Crippen molar-refractivity contribution in [3.63, 3.8) is 0 Å². The van der Waals surface area contributed by atoms with Gasteiger partial charge in [-0.2, -0.15) is 4.58 Å². The normalized spacial score (nSPS) is 21.8. The van der Waals surface area contributed by atoms with Crippen LogP contribution in [0.3, 0.4) is 0 Å². The lowest BCUT2D eigenvalue weighted by Crippen LogP contribution is -2.41. The summed E-state index contributed by atoms with van der Waals surface area (Å²) in [5, 5.41) is 0.